The summed E-state index contributed by atoms with van der Waals surface area (Å²) in [5.74, 6) is -0.185. The smallest absolute Gasteiger partial charge is 0.220 e. The Morgan fingerprint density at radius 3 is 1.33 bits per heavy atom. The number of allylic oxidation sites excluding steroid dienone is 11. The van der Waals surface area contributed by atoms with E-state index in [0.29, 0.717) is 6.42 Å². The van der Waals surface area contributed by atoms with Gasteiger partial charge in [0.25, 0.3) is 0 Å². The van der Waals surface area contributed by atoms with Gasteiger partial charge < -0.3 is 40.3 Å². The van der Waals surface area contributed by atoms with Crippen LogP contribution in [0.2, 0.25) is 0 Å². The first kappa shape index (κ1) is 67.6. The van der Waals surface area contributed by atoms with Crippen molar-refractivity contribution >= 4 is 5.91 Å². The van der Waals surface area contributed by atoms with E-state index in [4.69, 9.17) is 9.47 Å². The zero-order valence-corrected chi connectivity index (χ0v) is 46.4. The number of rotatable bonds is 51. The van der Waals surface area contributed by atoms with E-state index in [-0.39, 0.29) is 12.5 Å². The Kier molecular flexibility index (Phi) is 48.9. The van der Waals surface area contributed by atoms with Crippen LogP contribution in [0.1, 0.15) is 264 Å². The highest BCUT2D eigenvalue weighted by molar-refractivity contribution is 5.76. The van der Waals surface area contributed by atoms with Crippen LogP contribution < -0.4 is 5.32 Å². The van der Waals surface area contributed by atoms with E-state index < -0.39 is 49.5 Å². The quantitative estimate of drug-likeness (QED) is 0.0261. The molecule has 0 radical (unpaired) electrons. The number of ether oxygens (including phenoxy) is 2. The lowest BCUT2D eigenvalue weighted by Crippen LogP contribution is -2.60. The summed E-state index contributed by atoms with van der Waals surface area (Å²) in [4.78, 5) is 13.0. The summed E-state index contributed by atoms with van der Waals surface area (Å²) in [5, 5.41) is 54.3. The Morgan fingerprint density at radius 1 is 0.486 bits per heavy atom. The van der Waals surface area contributed by atoms with E-state index in [2.05, 4.69) is 79.9 Å². The van der Waals surface area contributed by atoms with Gasteiger partial charge in [0.2, 0.25) is 5.91 Å². The molecule has 1 rings (SSSR count). The highest BCUT2D eigenvalue weighted by Crippen LogP contribution is 2.23. The van der Waals surface area contributed by atoms with E-state index in [9.17, 15) is 30.3 Å². The fourth-order valence-corrected chi connectivity index (χ4v) is 9.28. The first-order valence-corrected chi connectivity index (χ1v) is 30.2. The second-order valence-electron chi connectivity index (χ2n) is 20.8. The molecule has 0 aromatic heterocycles. The Morgan fingerprint density at radius 2 is 0.875 bits per heavy atom. The summed E-state index contributed by atoms with van der Waals surface area (Å²) in [6, 6.07) is -0.821. The van der Waals surface area contributed by atoms with Gasteiger partial charge >= 0.3 is 0 Å². The van der Waals surface area contributed by atoms with Crippen molar-refractivity contribution in [2.45, 2.75) is 307 Å². The lowest BCUT2D eigenvalue weighted by molar-refractivity contribution is -0.302. The van der Waals surface area contributed by atoms with Crippen molar-refractivity contribution in [3.63, 3.8) is 0 Å². The third kappa shape index (κ3) is 40.9. The van der Waals surface area contributed by atoms with Crippen LogP contribution in [0.5, 0.6) is 0 Å². The van der Waals surface area contributed by atoms with Crippen LogP contribution in [0, 0.1) is 0 Å². The summed E-state index contributed by atoms with van der Waals surface area (Å²) in [5.41, 5.74) is 0. The Hall–Kier alpha value is -2.37. The van der Waals surface area contributed by atoms with Gasteiger partial charge in [-0.05, 0) is 70.6 Å². The predicted molar refractivity (Wildman–Crippen MR) is 304 cm³/mol. The molecule has 72 heavy (non-hydrogen) atoms. The molecular formula is C63H113NO8. The van der Waals surface area contributed by atoms with Gasteiger partial charge in [-0.3, -0.25) is 4.79 Å². The van der Waals surface area contributed by atoms with Crippen molar-refractivity contribution in [3.05, 3.63) is 72.9 Å². The molecule has 0 aromatic rings. The molecule has 9 nitrogen and oxygen atoms in total. The van der Waals surface area contributed by atoms with E-state index in [1.807, 2.05) is 6.08 Å². The summed E-state index contributed by atoms with van der Waals surface area (Å²) >= 11 is 0. The monoisotopic (exact) mass is 1010 g/mol. The second-order valence-corrected chi connectivity index (χ2v) is 20.8. The average Bonchev–Trinajstić information content (AvgIpc) is 3.38. The molecule has 1 aliphatic heterocycles. The van der Waals surface area contributed by atoms with Gasteiger partial charge in [0, 0.05) is 6.42 Å². The SMILES string of the molecule is CC/C=C\C/C=C\C/C=C\C/C=C\CCCCCCCCCCCCCCCCCCCCCCCCCCC(=O)NC(COC1OC(CO)C(O)C(O)C1O)C(O)/C=C/CC/C=C/CCCCCCCC. The standard InChI is InChI=1S/C63H113NO8/c1-3-5-7-9-11-13-15-17-18-19-20-21-22-23-24-25-26-27-28-29-30-31-32-33-34-35-36-37-38-39-40-41-43-45-47-49-51-53-59(67)64-56(55-71-63-62(70)61(69)60(68)58(54-65)72-63)57(66)52-50-48-46-44-42-16-14-12-10-8-6-4-2/h5,7,11,13,17-18,20-21,42,44,50,52,56-58,60-63,65-66,68-70H,3-4,6,8-10,12,14-16,19,22-41,43,45-49,51,53-55H2,1-2H3,(H,64,67)/b7-5-,13-11-,18-17-,21-20-,44-42+,52-50+. The van der Waals surface area contributed by atoms with Gasteiger partial charge in [-0.15, -0.1) is 0 Å². The highest BCUT2D eigenvalue weighted by atomic mass is 16.7. The molecule has 0 saturated carbocycles. The molecule has 0 aliphatic carbocycles. The van der Waals surface area contributed by atoms with Crippen LogP contribution in [0.3, 0.4) is 0 Å². The molecule has 9 heteroatoms. The topological polar surface area (TPSA) is 149 Å². The maximum atomic E-state index is 13.0. The first-order valence-electron chi connectivity index (χ1n) is 30.2. The number of hydrogen-bond acceptors (Lipinski definition) is 8. The minimum atomic E-state index is -1.57. The number of unbranched alkanes of at least 4 members (excludes halogenated alkanes) is 31. The van der Waals surface area contributed by atoms with Crippen LogP contribution in [0.15, 0.2) is 72.9 Å². The van der Waals surface area contributed by atoms with Crippen molar-refractivity contribution < 1.29 is 39.8 Å². The predicted octanol–water partition coefficient (Wildman–Crippen LogP) is 15.2. The number of carbonyl (C=O) groups is 1. The number of nitrogens with one attached hydrogen (secondary N) is 1. The summed E-state index contributed by atoms with van der Waals surface area (Å²) in [7, 11) is 0. The minimum Gasteiger partial charge on any atom is -0.394 e. The molecule has 0 spiro atoms. The van der Waals surface area contributed by atoms with E-state index in [0.717, 1.165) is 64.2 Å². The molecule has 1 aliphatic rings. The van der Waals surface area contributed by atoms with E-state index in [1.54, 1.807) is 6.08 Å². The summed E-state index contributed by atoms with van der Waals surface area (Å²) in [6.07, 6.45) is 65.8. The normalized spacial score (nSPS) is 19.7. The average molecular weight is 1010 g/mol. The number of aliphatic hydroxyl groups is 5. The fourth-order valence-electron chi connectivity index (χ4n) is 9.28. The lowest BCUT2D eigenvalue weighted by Gasteiger charge is -2.40. The molecule has 1 amide bonds. The van der Waals surface area contributed by atoms with Gasteiger partial charge in [0.15, 0.2) is 6.29 Å². The lowest BCUT2D eigenvalue weighted by atomic mass is 9.99. The summed E-state index contributed by atoms with van der Waals surface area (Å²) < 4.78 is 11.2. The van der Waals surface area contributed by atoms with Crippen LogP contribution in [0.25, 0.3) is 0 Å². The van der Waals surface area contributed by atoms with Gasteiger partial charge in [0.05, 0.1) is 25.4 Å². The van der Waals surface area contributed by atoms with E-state index >= 15 is 0 Å². The molecule has 7 atom stereocenters. The number of carbonyl (C=O) groups excluding carboxylic acids is 1. The molecule has 0 aromatic carbocycles. The van der Waals surface area contributed by atoms with Gasteiger partial charge in [-0.2, -0.15) is 0 Å². The third-order valence-electron chi connectivity index (χ3n) is 14.0. The van der Waals surface area contributed by atoms with E-state index in [1.165, 1.54) is 180 Å². The zero-order valence-electron chi connectivity index (χ0n) is 46.4. The molecule has 7 unspecified atom stereocenters. The fraction of sp³-hybridized carbons (Fsp3) is 0.794. The van der Waals surface area contributed by atoms with Crippen LogP contribution in [-0.2, 0) is 14.3 Å². The van der Waals surface area contributed by atoms with Crippen LogP contribution >= 0.6 is 0 Å². The first-order chi connectivity index (χ1) is 35.3. The third-order valence-corrected chi connectivity index (χ3v) is 14.0. The van der Waals surface area contributed by atoms with Gasteiger partial charge in [0.1, 0.15) is 24.4 Å². The maximum Gasteiger partial charge on any atom is 0.220 e. The molecular weight excluding hydrogens is 899 g/mol. The number of amides is 1. The minimum absolute atomic E-state index is 0.185. The van der Waals surface area contributed by atoms with Crippen molar-refractivity contribution in [1.29, 1.82) is 0 Å². The maximum absolute atomic E-state index is 13.0. The number of hydrogen-bond donors (Lipinski definition) is 6. The van der Waals surface area contributed by atoms with Gasteiger partial charge in [-0.25, -0.2) is 0 Å². The zero-order chi connectivity index (χ0) is 52.2. The molecule has 6 N–H and O–H groups in total. The summed E-state index contributed by atoms with van der Waals surface area (Å²) in [6.45, 7) is 3.64. The molecule has 1 saturated heterocycles. The van der Waals surface area contributed by atoms with Gasteiger partial charge in [-0.1, -0.05) is 260 Å². The molecule has 418 valence electrons. The van der Waals surface area contributed by atoms with Crippen molar-refractivity contribution in [2.24, 2.45) is 0 Å². The second kappa shape index (κ2) is 52.1. The molecule has 1 heterocycles. The van der Waals surface area contributed by atoms with Crippen LogP contribution in [0.4, 0.5) is 0 Å². The van der Waals surface area contributed by atoms with Crippen molar-refractivity contribution in [3.8, 4) is 0 Å². The van der Waals surface area contributed by atoms with Crippen molar-refractivity contribution in [1.82, 2.24) is 5.32 Å². The molecule has 0 bridgehead atoms. The van der Waals surface area contributed by atoms with Crippen LogP contribution in [-0.4, -0.2) is 87.5 Å². The van der Waals surface area contributed by atoms with Crippen molar-refractivity contribution in [2.75, 3.05) is 13.2 Å². The Labute approximate surface area is 442 Å². The Bertz CT molecular complexity index is 1360. The highest BCUT2D eigenvalue weighted by Gasteiger charge is 2.44. The Balaban J connectivity index is 2.06. The molecule has 1 fully saturated rings. The number of aliphatic hydroxyl groups excluding tert-OH is 5. The largest absolute Gasteiger partial charge is 0.394 e.